The molecule has 0 aromatic heterocycles. The SMILES string of the molecule is CC[C@@H]1C2C[C@H](OC=O)CC[C@]2(C)[C@H]2CC[C@]3(C)[C@@H]([C@H](C)CCC(=O)O)CC[C@H]3[C@@H]2[C@@H]1OC=O. The van der Waals surface area contributed by atoms with E-state index in [2.05, 4.69) is 27.7 Å². The van der Waals surface area contributed by atoms with Crippen molar-refractivity contribution >= 4 is 18.9 Å². The largest absolute Gasteiger partial charge is 0.481 e. The van der Waals surface area contributed by atoms with Gasteiger partial charge in [0.1, 0.15) is 12.2 Å². The molecule has 4 aliphatic rings. The van der Waals surface area contributed by atoms with E-state index in [0.717, 1.165) is 51.4 Å². The predicted octanol–water partition coefficient (Wildman–Crippen LogP) is 5.48. The van der Waals surface area contributed by atoms with Gasteiger partial charge in [0.25, 0.3) is 12.9 Å². The van der Waals surface area contributed by atoms with Crippen LogP contribution in [0.3, 0.4) is 0 Å². The van der Waals surface area contributed by atoms with Crippen LogP contribution in [0.2, 0.25) is 0 Å². The smallest absolute Gasteiger partial charge is 0.303 e. The second-order valence-electron chi connectivity index (χ2n) is 12.4. The zero-order valence-electron chi connectivity index (χ0n) is 21.4. The number of carbonyl (C=O) groups excluding carboxylic acids is 2. The molecule has 0 aliphatic heterocycles. The summed E-state index contributed by atoms with van der Waals surface area (Å²) in [6.45, 7) is 10.6. The van der Waals surface area contributed by atoms with E-state index in [-0.39, 0.29) is 35.4 Å². The minimum atomic E-state index is -0.707. The summed E-state index contributed by atoms with van der Waals surface area (Å²) in [6.07, 6.45) is 9.26. The summed E-state index contributed by atoms with van der Waals surface area (Å²) in [6, 6.07) is 0. The predicted molar refractivity (Wildman–Crippen MR) is 128 cm³/mol. The Kier molecular flexibility index (Phi) is 7.36. The second kappa shape index (κ2) is 9.81. The van der Waals surface area contributed by atoms with Crippen LogP contribution in [0.4, 0.5) is 0 Å². The number of rotatable bonds is 9. The lowest BCUT2D eigenvalue weighted by molar-refractivity contribution is -0.213. The number of carboxylic acid groups (broad SMARTS) is 1. The summed E-state index contributed by atoms with van der Waals surface area (Å²) < 4.78 is 11.4. The fraction of sp³-hybridized carbons (Fsp3) is 0.893. The molecule has 6 heteroatoms. The first-order chi connectivity index (χ1) is 16.2. The molecule has 4 fully saturated rings. The third-order valence-electron chi connectivity index (χ3n) is 11.4. The van der Waals surface area contributed by atoms with E-state index in [0.29, 0.717) is 48.5 Å². The summed E-state index contributed by atoms with van der Waals surface area (Å²) in [5.74, 6) is 2.24. The van der Waals surface area contributed by atoms with Crippen molar-refractivity contribution in [3.63, 3.8) is 0 Å². The summed E-state index contributed by atoms with van der Waals surface area (Å²) in [4.78, 5) is 34.0. The normalized spacial score (nSPS) is 46.4. The van der Waals surface area contributed by atoms with Crippen molar-refractivity contribution in [3.05, 3.63) is 0 Å². The lowest BCUT2D eigenvalue weighted by Gasteiger charge is -2.65. The van der Waals surface area contributed by atoms with E-state index in [1.807, 2.05) is 0 Å². The number of fused-ring (bicyclic) bond motifs is 5. The quantitative estimate of drug-likeness (QED) is 0.444. The monoisotopic (exact) mass is 476 g/mol. The molecule has 1 unspecified atom stereocenters. The average Bonchev–Trinajstić information content (AvgIpc) is 3.16. The van der Waals surface area contributed by atoms with Crippen LogP contribution in [0.15, 0.2) is 0 Å². The molecule has 34 heavy (non-hydrogen) atoms. The zero-order chi connectivity index (χ0) is 24.7. The lowest BCUT2D eigenvalue weighted by atomic mass is 9.41. The van der Waals surface area contributed by atoms with Crippen LogP contribution in [0.25, 0.3) is 0 Å². The van der Waals surface area contributed by atoms with E-state index >= 15 is 0 Å². The number of ether oxygens (including phenoxy) is 2. The highest BCUT2D eigenvalue weighted by molar-refractivity contribution is 5.66. The molecule has 0 aromatic carbocycles. The number of carbonyl (C=O) groups is 3. The third kappa shape index (κ3) is 4.07. The van der Waals surface area contributed by atoms with Crippen molar-refractivity contribution < 1.29 is 29.0 Å². The van der Waals surface area contributed by atoms with Crippen LogP contribution in [0, 0.1) is 52.3 Å². The topological polar surface area (TPSA) is 89.9 Å². The first-order valence-electron chi connectivity index (χ1n) is 13.6. The van der Waals surface area contributed by atoms with Gasteiger partial charge in [-0.3, -0.25) is 14.4 Å². The Morgan fingerprint density at radius 3 is 2.32 bits per heavy atom. The molecule has 0 radical (unpaired) electrons. The molecule has 0 aromatic rings. The van der Waals surface area contributed by atoms with Crippen LogP contribution < -0.4 is 0 Å². The first-order valence-corrected chi connectivity index (χ1v) is 13.6. The van der Waals surface area contributed by atoms with E-state index < -0.39 is 5.97 Å². The van der Waals surface area contributed by atoms with Crippen molar-refractivity contribution in [1.29, 1.82) is 0 Å². The maximum atomic E-state index is 11.8. The molecule has 0 heterocycles. The Bertz CT molecular complexity index is 768. The molecule has 4 rings (SSSR count). The highest BCUT2D eigenvalue weighted by Gasteiger charge is 2.65. The van der Waals surface area contributed by atoms with E-state index in [9.17, 15) is 19.5 Å². The van der Waals surface area contributed by atoms with Gasteiger partial charge in [0.05, 0.1) is 0 Å². The van der Waals surface area contributed by atoms with Crippen LogP contribution in [-0.2, 0) is 23.9 Å². The van der Waals surface area contributed by atoms with E-state index in [4.69, 9.17) is 9.47 Å². The molecule has 6 nitrogen and oxygen atoms in total. The Balaban J connectivity index is 1.66. The molecule has 0 spiro atoms. The maximum absolute atomic E-state index is 11.8. The van der Waals surface area contributed by atoms with Gasteiger partial charge in [-0.15, -0.1) is 0 Å². The first kappa shape index (κ1) is 25.5. The van der Waals surface area contributed by atoms with Gasteiger partial charge in [-0.2, -0.15) is 0 Å². The number of carboxylic acids is 1. The molecule has 192 valence electrons. The average molecular weight is 477 g/mol. The summed E-state index contributed by atoms with van der Waals surface area (Å²) in [5, 5.41) is 9.22. The molecule has 0 saturated heterocycles. The molecule has 11 atom stereocenters. The van der Waals surface area contributed by atoms with Crippen molar-refractivity contribution in [2.45, 2.75) is 104 Å². The molecule has 4 saturated carbocycles. The Morgan fingerprint density at radius 2 is 1.68 bits per heavy atom. The standard InChI is InChI=1S/C28H44O6/c1-5-19-23-14-18(33-15-29)10-12-28(23,4)22-11-13-27(3)20(17(2)6-9-24(31)32)7-8-21(27)25(22)26(19)34-16-30/h15-23,25-26H,5-14H2,1-4H3,(H,31,32)/t17-,18-,19-,20-,21+,22+,23?,25+,26-,27-,28-/m1/s1. The fourth-order valence-corrected chi connectivity index (χ4v) is 9.89. The van der Waals surface area contributed by atoms with Crippen molar-refractivity contribution in [2.75, 3.05) is 0 Å². The molecular weight excluding hydrogens is 432 g/mol. The zero-order valence-corrected chi connectivity index (χ0v) is 21.4. The van der Waals surface area contributed by atoms with Crippen LogP contribution in [0.5, 0.6) is 0 Å². The van der Waals surface area contributed by atoms with Crippen molar-refractivity contribution in [1.82, 2.24) is 0 Å². The van der Waals surface area contributed by atoms with Gasteiger partial charge in [0.15, 0.2) is 0 Å². The minimum absolute atomic E-state index is 0.0298. The Morgan fingerprint density at radius 1 is 1.00 bits per heavy atom. The summed E-state index contributed by atoms with van der Waals surface area (Å²) >= 11 is 0. The number of hydrogen-bond acceptors (Lipinski definition) is 5. The Hall–Kier alpha value is -1.59. The molecule has 0 amide bonds. The van der Waals surface area contributed by atoms with E-state index in [1.165, 1.54) is 6.42 Å². The van der Waals surface area contributed by atoms with Gasteiger partial charge in [-0.1, -0.05) is 27.7 Å². The highest BCUT2D eigenvalue weighted by atomic mass is 16.5. The highest BCUT2D eigenvalue weighted by Crippen LogP contribution is 2.70. The summed E-state index contributed by atoms with van der Waals surface area (Å²) in [5.41, 5.74) is 0.341. The van der Waals surface area contributed by atoms with Gasteiger partial charge in [0, 0.05) is 12.3 Å². The number of aliphatic carboxylic acids is 1. The molecule has 4 aliphatic carbocycles. The molecular formula is C28H44O6. The maximum Gasteiger partial charge on any atom is 0.303 e. The van der Waals surface area contributed by atoms with Gasteiger partial charge in [-0.25, -0.2) is 0 Å². The third-order valence-corrected chi connectivity index (χ3v) is 11.4. The van der Waals surface area contributed by atoms with Gasteiger partial charge in [0.2, 0.25) is 0 Å². The second-order valence-corrected chi connectivity index (χ2v) is 12.4. The summed E-state index contributed by atoms with van der Waals surface area (Å²) in [7, 11) is 0. The van der Waals surface area contributed by atoms with Gasteiger partial charge < -0.3 is 14.6 Å². The van der Waals surface area contributed by atoms with Crippen LogP contribution in [0.1, 0.15) is 91.9 Å². The molecule has 0 bridgehead atoms. The van der Waals surface area contributed by atoms with Gasteiger partial charge >= 0.3 is 5.97 Å². The number of hydrogen-bond donors (Lipinski definition) is 1. The van der Waals surface area contributed by atoms with E-state index in [1.54, 1.807) is 0 Å². The van der Waals surface area contributed by atoms with Crippen molar-refractivity contribution in [2.24, 2.45) is 52.3 Å². The van der Waals surface area contributed by atoms with Gasteiger partial charge in [-0.05, 0) is 104 Å². The van der Waals surface area contributed by atoms with Crippen LogP contribution in [-0.4, -0.2) is 36.2 Å². The van der Waals surface area contributed by atoms with Crippen molar-refractivity contribution in [3.8, 4) is 0 Å². The lowest BCUT2D eigenvalue weighted by Crippen LogP contribution is -2.62. The minimum Gasteiger partial charge on any atom is -0.481 e. The Labute approximate surface area is 204 Å². The molecule has 1 N–H and O–H groups in total. The fourth-order valence-electron chi connectivity index (χ4n) is 9.89. The van der Waals surface area contributed by atoms with Crippen LogP contribution >= 0.6 is 0 Å².